The van der Waals surface area contributed by atoms with Gasteiger partial charge in [0, 0.05) is 23.2 Å². The van der Waals surface area contributed by atoms with Gasteiger partial charge in [0.25, 0.3) is 0 Å². The molecule has 0 fully saturated rings. The van der Waals surface area contributed by atoms with E-state index in [-0.39, 0.29) is 11.9 Å². The Bertz CT molecular complexity index is 267. The van der Waals surface area contributed by atoms with E-state index in [0.717, 1.165) is 0 Å². The van der Waals surface area contributed by atoms with Crippen LogP contribution in [0.2, 0.25) is 5.02 Å². The summed E-state index contributed by atoms with van der Waals surface area (Å²) in [5.41, 5.74) is 5.90. The number of hydrogen-bond donors (Lipinski definition) is 2. The van der Waals surface area contributed by atoms with E-state index in [0.29, 0.717) is 17.1 Å². The fourth-order valence-corrected chi connectivity index (χ4v) is 1.52. The van der Waals surface area contributed by atoms with Gasteiger partial charge in [0.05, 0.1) is 0 Å². The van der Waals surface area contributed by atoms with Crippen molar-refractivity contribution in [2.45, 2.75) is 6.04 Å². The summed E-state index contributed by atoms with van der Waals surface area (Å²) >= 11 is 5.85. The van der Waals surface area contributed by atoms with Gasteiger partial charge in [0.15, 0.2) is 0 Å². The second kappa shape index (κ2) is 4.56. The zero-order chi connectivity index (χ0) is 9.84. The lowest BCUT2D eigenvalue weighted by Gasteiger charge is -2.16. The van der Waals surface area contributed by atoms with Crippen molar-refractivity contribution < 1.29 is 4.39 Å². The lowest BCUT2D eigenvalue weighted by atomic mass is 10.1. The highest BCUT2D eigenvalue weighted by atomic mass is 35.5. The topological polar surface area (TPSA) is 38.0 Å². The summed E-state index contributed by atoms with van der Waals surface area (Å²) in [6.07, 6.45) is 0. The third-order valence-electron chi connectivity index (χ3n) is 1.93. The van der Waals surface area contributed by atoms with Crippen molar-refractivity contribution in [3.8, 4) is 0 Å². The van der Waals surface area contributed by atoms with Gasteiger partial charge < -0.3 is 11.1 Å². The molecule has 0 saturated heterocycles. The monoisotopic (exact) mass is 202 g/mol. The lowest BCUT2D eigenvalue weighted by Crippen LogP contribution is -2.26. The molecule has 13 heavy (non-hydrogen) atoms. The Kier molecular flexibility index (Phi) is 3.66. The maximum Gasteiger partial charge on any atom is 0.129 e. The molecule has 0 aliphatic heterocycles. The van der Waals surface area contributed by atoms with Gasteiger partial charge in [-0.15, -0.1) is 0 Å². The summed E-state index contributed by atoms with van der Waals surface area (Å²) in [5.74, 6) is -0.322. The van der Waals surface area contributed by atoms with Crippen LogP contribution in [0.5, 0.6) is 0 Å². The van der Waals surface area contributed by atoms with Crippen LogP contribution in [0.4, 0.5) is 4.39 Å². The fraction of sp³-hybridized carbons (Fsp3) is 0.333. The van der Waals surface area contributed by atoms with Gasteiger partial charge in [-0.3, -0.25) is 0 Å². The second-order valence-electron chi connectivity index (χ2n) is 2.71. The number of nitrogens with two attached hydrogens (primary N) is 1. The van der Waals surface area contributed by atoms with E-state index in [1.165, 1.54) is 6.07 Å². The minimum Gasteiger partial charge on any atom is -0.329 e. The number of likely N-dealkylation sites (N-methyl/N-ethyl adjacent to an activating group) is 1. The summed E-state index contributed by atoms with van der Waals surface area (Å²) in [6, 6.07) is 4.37. The van der Waals surface area contributed by atoms with Crippen LogP contribution in [0.1, 0.15) is 11.6 Å². The molecule has 0 bridgehead atoms. The van der Waals surface area contributed by atoms with E-state index in [9.17, 15) is 4.39 Å². The first-order chi connectivity index (χ1) is 6.20. The highest BCUT2D eigenvalue weighted by Crippen LogP contribution is 2.24. The molecule has 0 amide bonds. The van der Waals surface area contributed by atoms with Crippen molar-refractivity contribution in [2.75, 3.05) is 13.6 Å². The summed E-state index contributed by atoms with van der Waals surface area (Å²) < 4.78 is 13.3. The zero-order valence-corrected chi connectivity index (χ0v) is 8.11. The molecule has 0 aliphatic carbocycles. The maximum atomic E-state index is 13.3. The van der Waals surface area contributed by atoms with Crippen molar-refractivity contribution >= 4 is 11.6 Å². The fourth-order valence-electron chi connectivity index (χ4n) is 1.22. The summed E-state index contributed by atoms with van der Waals surface area (Å²) in [6.45, 7) is 0.317. The molecule has 1 aromatic rings. The Balaban J connectivity index is 3.10. The molecule has 0 aromatic heterocycles. The smallest absolute Gasteiger partial charge is 0.129 e. The largest absolute Gasteiger partial charge is 0.329 e. The quantitative estimate of drug-likeness (QED) is 0.783. The average Bonchev–Trinajstić information content (AvgIpc) is 2.11. The van der Waals surface area contributed by atoms with Crippen LogP contribution in [0.15, 0.2) is 18.2 Å². The Morgan fingerprint density at radius 1 is 1.62 bits per heavy atom. The molecule has 1 rings (SSSR count). The number of nitrogens with one attached hydrogen (secondary N) is 1. The van der Waals surface area contributed by atoms with Crippen LogP contribution in [0, 0.1) is 5.82 Å². The third-order valence-corrected chi connectivity index (χ3v) is 2.26. The minimum absolute atomic E-state index is 0.228. The van der Waals surface area contributed by atoms with E-state index in [1.54, 1.807) is 19.2 Å². The molecule has 0 unspecified atom stereocenters. The number of benzene rings is 1. The Hall–Kier alpha value is -0.640. The zero-order valence-electron chi connectivity index (χ0n) is 7.35. The van der Waals surface area contributed by atoms with Gasteiger partial charge in [-0.25, -0.2) is 4.39 Å². The average molecular weight is 203 g/mol. The first-order valence-electron chi connectivity index (χ1n) is 4.02. The van der Waals surface area contributed by atoms with Gasteiger partial charge in [-0.05, 0) is 19.2 Å². The van der Waals surface area contributed by atoms with Crippen LogP contribution in [-0.2, 0) is 0 Å². The molecular weight excluding hydrogens is 191 g/mol. The molecule has 4 heteroatoms. The van der Waals surface area contributed by atoms with E-state index < -0.39 is 0 Å². The lowest BCUT2D eigenvalue weighted by molar-refractivity contribution is 0.542. The Morgan fingerprint density at radius 3 is 2.77 bits per heavy atom. The van der Waals surface area contributed by atoms with E-state index >= 15 is 0 Å². The Morgan fingerprint density at radius 2 is 2.31 bits per heavy atom. The highest BCUT2D eigenvalue weighted by molar-refractivity contribution is 6.31. The molecule has 0 saturated carbocycles. The maximum absolute atomic E-state index is 13.3. The number of halogens is 2. The van der Waals surface area contributed by atoms with Crippen LogP contribution < -0.4 is 11.1 Å². The molecule has 3 N–H and O–H groups in total. The normalized spacial score (nSPS) is 12.9. The second-order valence-corrected chi connectivity index (χ2v) is 3.12. The van der Waals surface area contributed by atoms with Gasteiger partial charge in [-0.2, -0.15) is 0 Å². The minimum atomic E-state index is -0.322. The van der Waals surface area contributed by atoms with E-state index in [1.807, 2.05) is 0 Å². The van der Waals surface area contributed by atoms with Crippen LogP contribution in [-0.4, -0.2) is 13.6 Å². The van der Waals surface area contributed by atoms with Crippen molar-refractivity contribution in [3.05, 3.63) is 34.6 Å². The van der Waals surface area contributed by atoms with Crippen molar-refractivity contribution in [1.29, 1.82) is 0 Å². The first kappa shape index (κ1) is 10.4. The number of hydrogen-bond acceptors (Lipinski definition) is 2. The molecule has 2 nitrogen and oxygen atoms in total. The molecule has 0 radical (unpaired) electrons. The van der Waals surface area contributed by atoms with E-state index in [2.05, 4.69) is 5.32 Å². The third kappa shape index (κ3) is 2.18. The molecule has 1 atom stereocenters. The summed E-state index contributed by atoms with van der Waals surface area (Å²) in [7, 11) is 1.72. The molecular formula is C9H12ClFN2. The van der Waals surface area contributed by atoms with Crippen LogP contribution in [0.25, 0.3) is 0 Å². The molecule has 0 aliphatic rings. The van der Waals surface area contributed by atoms with Crippen LogP contribution in [0.3, 0.4) is 0 Å². The van der Waals surface area contributed by atoms with Crippen LogP contribution >= 0.6 is 11.6 Å². The molecule has 72 valence electrons. The predicted octanol–water partition coefficient (Wildman–Crippen LogP) is 1.70. The predicted molar refractivity (Wildman–Crippen MR) is 52.3 cm³/mol. The standard InChI is InChI=1S/C9H12ClFN2/c1-13-8(5-12)9-6(10)3-2-4-7(9)11/h2-4,8,13H,5,12H2,1H3/t8-/m0/s1. The highest BCUT2D eigenvalue weighted by Gasteiger charge is 2.15. The molecule has 0 spiro atoms. The van der Waals surface area contributed by atoms with Crippen molar-refractivity contribution in [2.24, 2.45) is 5.73 Å². The summed E-state index contributed by atoms with van der Waals surface area (Å²) in [4.78, 5) is 0. The van der Waals surface area contributed by atoms with E-state index in [4.69, 9.17) is 17.3 Å². The molecule has 1 aromatic carbocycles. The van der Waals surface area contributed by atoms with Gasteiger partial charge >= 0.3 is 0 Å². The van der Waals surface area contributed by atoms with Gasteiger partial charge in [0.1, 0.15) is 5.82 Å². The SMILES string of the molecule is CN[C@@H](CN)c1c(F)cccc1Cl. The van der Waals surface area contributed by atoms with Gasteiger partial charge in [0.2, 0.25) is 0 Å². The molecule has 0 heterocycles. The first-order valence-corrected chi connectivity index (χ1v) is 4.39. The van der Waals surface area contributed by atoms with Crippen molar-refractivity contribution in [1.82, 2.24) is 5.32 Å². The Labute approximate surface area is 81.9 Å². The number of rotatable bonds is 3. The van der Waals surface area contributed by atoms with Gasteiger partial charge in [-0.1, -0.05) is 17.7 Å². The van der Waals surface area contributed by atoms with Crippen molar-refractivity contribution in [3.63, 3.8) is 0 Å². The summed E-state index contributed by atoms with van der Waals surface area (Å²) in [5, 5.41) is 3.31.